The first kappa shape index (κ1) is 35.9. The number of halogens is 6. The van der Waals surface area contributed by atoms with Crippen LogP contribution in [0.15, 0.2) is 85.1 Å². The second kappa shape index (κ2) is 14.9. The average Bonchev–Trinajstić information content (AvgIpc) is 3.04. The number of nitrogens with zero attached hydrogens (tertiary/aromatic N) is 2. The average molecular weight is 690 g/mol. The highest BCUT2D eigenvalue weighted by molar-refractivity contribution is 5.97. The van der Waals surface area contributed by atoms with Crippen molar-refractivity contribution in [1.29, 1.82) is 0 Å². The van der Waals surface area contributed by atoms with Crippen LogP contribution in [0.1, 0.15) is 43.1 Å². The SMILES string of the molecule is COc1ccc(CC(=O)Nc2ccc(C(=O)N(CC(=O)O)Cc3ccc(OC(=O)c4cc(C(F)(F)F)ccn4)cc3)cc2)c(C(F)(F)F)c1. The van der Waals surface area contributed by atoms with Crippen molar-refractivity contribution in [2.75, 3.05) is 19.0 Å². The first-order chi connectivity index (χ1) is 23.0. The fourth-order valence-electron chi connectivity index (χ4n) is 4.48. The largest absolute Gasteiger partial charge is 0.497 e. The van der Waals surface area contributed by atoms with Crippen molar-refractivity contribution in [3.63, 3.8) is 0 Å². The lowest BCUT2D eigenvalue weighted by Crippen LogP contribution is -2.35. The Hall–Kier alpha value is -5.93. The molecule has 49 heavy (non-hydrogen) atoms. The molecule has 0 saturated heterocycles. The number of methoxy groups -OCH3 is 1. The van der Waals surface area contributed by atoms with Gasteiger partial charge >= 0.3 is 24.3 Å². The standard InChI is InChI=1S/C33H25F6N3O7/c1-48-25-11-6-21(26(16-25)33(37,38)39)14-28(43)41-23-7-4-20(5-8-23)30(46)42(18-29(44)45)17-19-2-9-24(10-3-19)49-31(47)27-15-22(12-13-40-27)32(34,35)36/h2-13,15-16H,14,17-18H2,1H3,(H,41,43)(H,44,45). The van der Waals surface area contributed by atoms with Gasteiger partial charge < -0.3 is 24.8 Å². The van der Waals surface area contributed by atoms with Gasteiger partial charge in [-0.25, -0.2) is 9.78 Å². The number of pyridine rings is 1. The van der Waals surface area contributed by atoms with Gasteiger partial charge in [-0.05, 0) is 71.8 Å². The molecule has 1 heterocycles. The third-order valence-corrected chi connectivity index (χ3v) is 6.81. The van der Waals surface area contributed by atoms with Gasteiger partial charge in [-0.15, -0.1) is 0 Å². The predicted molar refractivity (Wildman–Crippen MR) is 160 cm³/mol. The number of alkyl halides is 6. The van der Waals surface area contributed by atoms with E-state index < -0.39 is 65.9 Å². The number of carboxylic acid groups (broad SMARTS) is 1. The molecule has 10 nitrogen and oxygen atoms in total. The number of aromatic nitrogens is 1. The smallest absolute Gasteiger partial charge is 0.416 e. The maximum atomic E-state index is 13.5. The van der Waals surface area contributed by atoms with E-state index in [0.29, 0.717) is 17.7 Å². The molecule has 3 aromatic carbocycles. The normalized spacial score (nSPS) is 11.4. The molecule has 0 aliphatic carbocycles. The van der Waals surface area contributed by atoms with Crippen LogP contribution in [-0.4, -0.2) is 52.4 Å². The van der Waals surface area contributed by atoms with Crippen LogP contribution >= 0.6 is 0 Å². The summed E-state index contributed by atoms with van der Waals surface area (Å²) in [5.74, 6) is -4.02. The molecular formula is C33H25F6N3O7. The Bertz CT molecular complexity index is 1840. The Morgan fingerprint density at radius 2 is 1.49 bits per heavy atom. The zero-order valence-corrected chi connectivity index (χ0v) is 25.3. The van der Waals surface area contributed by atoms with Crippen LogP contribution in [0.4, 0.5) is 32.0 Å². The van der Waals surface area contributed by atoms with Crippen LogP contribution in [0, 0.1) is 0 Å². The van der Waals surface area contributed by atoms with Crippen molar-refractivity contribution in [2.24, 2.45) is 0 Å². The lowest BCUT2D eigenvalue weighted by atomic mass is 10.0. The number of esters is 1. The van der Waals surface area contributed by atoms with E-state index in [2.05, 4.69) is 10.3 Å². The Labute approximate surface area is 273 Å². The van der Waals surface area contributed by atoms with Crippen molar-refractivity contribution in [3.8, 4) is 11.5 Å². The second-order valence-corrected chi connectivity index (χ2v) is 10.3. The van der Waals surface area contributed by atoms with Gasteiger partial charge in [-0.3, -0.25) is 14.4 Å². The summed E-state index contributed by atoms with van der Waals surface area (Å²) in [5, 5.41) is 11.8. The van der Waals surface area contributed by atoms with E-state index in [9.17, 15) is 50.6 Å². The zero-order valence-electron chi connectivity index (χ0n) is 25.3. The van der Waals surface area contributed by atoms with E-state index in [1.54, 1.807) is 0 Å². The summed E-state index contributed by atoms with van der Waals surface area (Å²) in [5.41, 5.74) is -2.35. The first-order valence-electron chi connectivity index (χ1n) is 14.0. The fraction of sp³-hybridized carbons (Fsp3) is 0.182. The number of carbonyl (C=O) groups excluding carboxylic acids is 3. The lowest BCUT2D eigenvalue weighted by molar-refractivity contribution is -0.139. The molecule has 4 aromatic rings. The highest BCUT2D eigenvalue weighted by Crippen LogP contribution is 2.35. The number of carboxylic acids is 1. The van der Waals surface area contributed by atoms with Crippen molar-refractivity contribution >= 4 is 29.4 Å². The van der Waals surface area contributed by atoms with Crippen molar-refractivity contribution in [1.82, 2.24) is 9.88 Å². The van der Waals surface area contributed by atoms with Crippen molar-refractivity contribution in [3.05, 3.63) is 119 Å². The van der Waals surface area contributed by atoms with Gasteiger partial charge in [0, 0.05) is 24.0 Å². The third-order valence-electron chi connectivity index (χ3n) is 6.81. The monoisotopic (exact) mass is 689 g/mol. The minimum Gasteiger partial charge on any atom is -0.497 e. The third kappa shape index (κ3) is 9.79. The molecule has 4 rings (SSSR count). The summed E-state index contributed by atoms with van der Waals surface area (Å²) in [7, 11) is 1.21. The molecule has 2 amide bonds. The minimum atomic E-state index is -4.73. The Kier molecular flexibility index (Phi) is 10.9. The summed E-state index contributed by atoms with van der Waals surface area (Å²) < 4.78 is 89.3. The molecule has 2 N–H and O–H groups in total. The van der Waals surface area contributed by atoms with Gasteiger partial charge in [0.05, 0.1) is 24.7 Å². The number of benzene rings is 3. The predicted octanol–water partition coefficient (Wildman–Crippen LogP) is 6.26. The molecule has 0 bridgehead atoms. The second-order valence-electron chi connectivity index (χ2n) is 10.3. The van der Waals surface area contributed by atoms with Crippen LogP contribution in [0.5, 0.6) is 11.5 Å². The fourth-order valence-corrected chi connectivity index (χ4v) is 4.48. The summed E-state index contributed by atoms with van der Waals surface area (Å²) in [6.07, 6.45) is -9.20. The van der Waals surface area contributed by atoms with E-state index in [0.717, 1.165) is 23.2 Å². The molecule has 256 valence electrons. The number of rotatable bonds is 11. The van der Waals surface area contributed by atoms with Gasteiger partial charge in [0.15, 0.2) is 0 Å². The number of carbonyl (C=O) groups is 4. The summed E-state index contributed by atoms with van der Waals surface area (Å²) >= 11 is 0. The van der Waals surface area contributed by atoms with Crippen molar-refractivity contribution < 1.29 is 60.1 Å². The molecule has 16 heteroatoms. The number of anilines is 1. The molecule has 1 aromatic heterocycles. The van der Waals surface area contributed by atoms with E-state index in [1.807, 2.05) is 0 Å². The van der Waals surface area contributed by atoms with Gasteiger partial charge in [0.1, 0.15) is 23.7 Å². The molecule has 0 atom stereocenters. The highest BCUT2D eigenvalue weighted by Gasteiger charge is 2.34. The molecule has 0 radical (unpaired) electrons. The quantitative estimate of drug-likeness (QED) is 0.107. The topological polar surface area (TPSA) is 135 Å². The molecule has 0 saturated carbocycles. The number of aliphatic carboxylic acids is 1. The summed E-state index contributed by atoms with van der Waals surface area (Å²) in [4.78, 5) is 54.2. The molecule has 0 aliphatic heterocycles. The number of amides is 2. The van der Waals surface area contributed by atoms with Crippen LogP contribution in [-0.2, 0) is 34.9 Å². The van der Waals surface area contributed by atoms with E-state index in [1.165, 1.54) is 61.7 Å². The van der Waals surface area contributed by atoms with Crippen molar-refractivity contribution in [2.45, 2.75) is 25.3 Å². The van der Waals surface area contributed by atoms with Gasteiger partial charge in [-0.2, -0.15) is 26.3 Å². The summed E-state index contributed by atoms with van der Waals surface area (Å²) in [6, 6.07) is 15.1. The van der Waals surface area contributed by atoms with Gasteiger partial charge in [0.2, 0.25) is 5.91 Å². The summed E-state index contributed by atoms with van der Waals surface area (Å²) in [6.45, 7) is -0.922. The molecule has 0 unspecified atom stereocenters. The minimum absolute atomic E-state index is 0.0264. The molecular weight excluding hydrogens is 664 g/mol. The number of nitrogens with one attached hydrogen (secondary N) is 1. The van der Waals surface area contributed by atoms with Gasteiger partial charge in [-0.1, -0.05) is 18.2 Å². The Morgan fingerprint density at radius 3 is 2.08 bits per heavy atom. The van der Waals surface area contributed by atoms with Crippen LogP contribution in [0.2, 0.25) is 0 Å². The number of ether oxygens (including phenoxy) is 2. The zero-order chi connectivity index (χ0) is 35.9. The van der Waals surface area contributed by atoms with Crippen LogP contribution < -0.4 is 14.8 Å². The van der Waals surface area contributed by atoms with E-state index in [-0.39, 0.29) is 34.9 Å². The Morgan fingerprint density at radius 1 is 0.837 bits per heavy atom. The van der Waals surface area contributed by atoms with Crippen LogP contribution in [0.25, 0.3) is 0 Å². The van der Waals surface area contributed by atoms with E-state index >= 15 is 0 Å². The lowest BCUT2D eigenvalue weighted by Gasteiger charge is -2.21. The molecule has 0 aliphatic rings. The maximum absolute atomic E-state index is 13.5. The van der Waals surface area contributed by atoms with E-state index in [4.69, 9.17) is 9.47 Å². The van der Waals surface area contributed by atoms with Gasteiger partial charge in [0.25, 0.3) is 5.91 Å². The van der Waals surface area contributed by atoms with Crippen LogP contribution in [0.3, 0.4) is 0 Å². The maximum Gasteiger partial charge on any atom is 0.416 e. The number of hydrogen-bond donors (Lipinski definition) is 2. The Balaban J connectivity index is 1.40. The molecule has 0 fully saturated rings. The first-order valence-corrected chi connectivity index (χ1v) is 14.0. The highest BCUT2D eigenvalue weighted by atomic mass is 19.4. The molecule has 0 spiro atoms. The number of hydrogen-bond acceptors (Lipinski definition) is 7.